The summed E-state index contributed by atoms with van der Waals surface area (Å²) in [5.41, 5.74) is 4.44. The minimum atomic E-state index is -0.273. The normalized spacial score (nSPS) is 10.7. The molecule has 0 aliphatic rings. The largest absolute Gasteiger partial charge is 0.466 e. The van der Waals surface area contributed by atoms with Crippen LogP contribution in [0, 0.1) is 0 Å². The van der Waals surface area contributed by atoms with Crippen molar-refractivity contribution in [1.82, 2.24) is 9.97 Å². The molecular weight excluding hydrogens is 276 g/mol. The molecule has 0 radical (unpaired) electrons. The lowest BCUT2D eigenvalue weighted by Crippen LogP contribution is -2.07. The van der Waals surface area contributed by atoms with E-state index in [2.05, 4.69) is 20.5 Å². The summed E-state index contributed by atoms with van der Waals surface area (Å²) >= 11 is 1.39. The molecular formula is C13H14N4O2S. The van der Waals surface area contributed by atoms with Crippen LogP contribution < -0.4 is 5.43 Å². The number of rotatable bonds is 6. The number of aromatic nitrogens is 2. The van der Waals surface area contributed by atoms with Crippen LogP contribution in [0.2, 0.25) is 0 Å². The third-order valence-corrected chi connectivity index (χ3v) is 3.06. The van der Waals surface area contributed by atoms with Gasteiger partial charge >= 0.3 is 5.97 Å². The summed E-state index contributed by atoms with van der Waals surface area (Å²) in [6.45, 7) is 2.16. The van der Waals surface area contributed by atoms with Crippen molar-refractivity contribution in [3.63, 3.8) is 0 Å². The second kappa shape index (κ2) is 7.34. The van der Waals surface area contributed by atoms with Crippen LogP contribution in [0.15, 0.2) is 35.0 Å². The molecule has 1 N–H and O–H groups in total. The fraction of sp³-hybridized carbons (Fsp3) is 0.231. The molecule has 0 aliphatic heterocycles. The van der Waals surface area contributed by atoms with E-state index in [0.717, 1.165) is 5.56 Å². The van der Waals surface area contributed by atoms with Crippen LogP contribution in [0.4, 0.5) is 5.13 Å². The maximum atomic E-state index is 11.3. The number of hydrogen-bond acceptors (Lipinski definition) is 7. The minimum absolute atomic E-state index is 0.181. The van der Waals surface area contributed by atoms with Crippen LogP contribution >= 0.6 is 11.3 Å². The third kappa shape index (κ3) is 4.43. The van der Waals surface area contributed by atoms with E-state index in [9.17, 15) is 4.79 Å². The number of pyridine rings is 1. The molecule has 0 aliphatic carbocycles. The van der Waals surface area contributed by atoms with E-state index in [0.29, 0.717) is 17.4 Å². The summed E-state index contributed by atoms with van der Waals surface area (Å²) in [5, 5.41) is 6.51. The quantitative estimate of drug-likeness (QED) is 0.501. The summed E-state index contributed by atoms with van der Waals surface area (Å²) in [6.07, 6.45) is 5.25. The highest BCUT2D eigenvalue weighted by molar-refractivity contribution is 7.13. The zero-order valence-electron chi connectivity index (χ0n) is 10.9. The molecule has 104 valence electrons. The average molecular weight is 290 g/mol. The summed E-state index contributed by atoms with van der Waals surface area (Å²) in [6, 6.07) is 3.69. The van der Waals surface area contributed by atoms with Gasteiger partial charge in [0, 0.05) is 17.8 Å². The standard InChI is InChI=1S/C13H14N4O2S/c1-2-19-12(18)7-11-9-20-13(16-11)17-15-8-10-3-5-14-6-4-10/h3-6,8-9H,2,7H2,1H3,(H,16,17). The Bertz CT molecular complexity index is 583. The van der Waals surface area contributed by atoms with Gasteiger partial charge in [0.05, 0.1) is 24.9 Å². The second-order valence-corrected chi connectivity index (χ2v) is 4.63. The van der Waals surface area contributed by atoms with Crippen molar-refractivity contribution >= 4 is 28.7 Å². The van der Waals surface area contributed by atoms with Gasteiger partial charge < -0.3 is 4.74 Å². The number of esters is 1. The van der Waals surface area contributed by atoms with E-state index in [1.807, 2.05) is 12.1 Å². The number of hydrazone groups is 1. The lowest BCUT2D eigenvalue weighted by atomic mass is 10.3. The summed E-state index contributed by atoms with van der Waals surface area (Å²) < 4.78 is 4.86. The van der Waals surface area contributed by atoms with E-state index in [1.54, 1.807) is 30.9 Å². The van der Waals surface area contributed by atoms with Gasteiger partial charge in [-0.15, -0.1) is 11.3 Å². The highest BCUT2D eigenvalue weighted by Gasteiger charge is 2.07. The van der Waals surface area contributed by atoms with Gasteiger partial charge in [-0.05, 0) is 24.6 Å². The van der Waals surface area contributed by atoms with E-state index in [-0.39, 0.29) is 12.4 Å². The molecule has 0 unspecified atom stereocenters. The van der Waals surface area contributed by atoms with E-state index < -0.39 is 0 Å². The first-order chi connectivity index (χ1) is 9.78. The Kier molecular flexibility index (Phi) is 5.19. The Morgan fingerprint density at radius 1 is 1.50 bits per heavy atom. The van der Waals surface area contributed by atoms with Crippen LogP contribution in [0.1, 0.15) is 18.2 Å². The molecule has 2 aromatic heterocycles. The van der Waals surface area contributed by atoms with Crippen LogP contribution in [0.25, 0.3) is 0 Å². The highest BCUT2D eigenvalue weighted by Crippen LogP contribution is 2.15. The molecule has 2 rings (SSSR count). The number of thiazole rings is 1. The number of carbonyl (C=O) groups excluding carboxylic acids is 1. The number of ether oxygens (including phenoxy) is 1. The van der Waals surface area contributed by atoms with Gasteiger partial charge in [-0.3, -0.25) is 15.2 Å². The van der Waals surface area contributed by atoms with E-state index in [4.69, 9.17) is 4.74 Å². The summed E-state index contributed by atoms with van der Waals surface area (Å²) in [5.74, 6) is -0.273. The van der Waals surface area contributed by atoms with Crippen LogP contribution in [-0.4, -0.2) is 28.8 Å². The second-order valence-electron chi connectivity index (χ2n) is 3.78. The molecule has 20 heavy (non-hydrogen) atoms. The number of hydrogen-bond donors (Lipinski definition) is 1. The van der Waals surface area contributed by atoms with Gasteiger partial charge in [0.2, 0.25) is 5.13 Å². The molecule has 0 bridgehead atoms. The average Bonchev–Trinajstić information content (AvgIpc) is 2.88. The zero-order chi connectivity index (χ0) is 14.2. The van der Waals surface area contributed by atoms with Gasteiger partial charge in [-0.1, -0.05) is 0 Å². The molecule has 0 fully saturated rings. The summed E-state index contributed by atoms with van der Waals surface area (Å²) in [7, 11) is 0. The predicted octanol–water partition coefficient (Wildman–Crippen LogP) is 2.09. The lowest BCUT2D eigenvalue weighted by molar-refractivity contribution is -0.142. The Labute approximate surface area is 120 Å². The smallest absolute Gasteiger partial charge is 0.311 e. The van der Waals surface area contributed by atoms with Gasteiger partial charge in [0.25, 0.3) is 0 Å². The van der Waals surface area contributed by atoms with Crippen molar-refractivity contribution in [2.24, 2.45) is 5.10 Å². The summed E-state index contributed by atoms with van der Waals surface area (Å²) in [4.78, 5) is 19.5. The van der Waals surface area contributed by atoms with Gasteiger partial charge in [0.1, 0.15) is 0 Å². The number of anilines is 1. The number of nitrogens with zero attached hydrogens (tertiary/aromatic N) is 3. The van der Waals surface area contributed by atoms with E-state index in [1.165, 1.54) is 11.3 Å². The predicted molar refractivity (Wildman–Crippen MR) is 77.9 cm³/mol. The minimum Gasteiger partial charge on any atom is -0.466 e. The van der Waals surface area contributed by atoms with Gasteiger partial charge in [0.15, 0.2) is 0 Å². The molecule has 2 heterocycles. The first kappa shape index (κ1) is 14.1. The van der Waals surface area contributed by atoms with Crippen molar-refractivity contribution in [2.75, 3.05) is 12.0 Å². The molecule has 0 saturated carbocycles. The molecule has 0 aromatic carbocycles. The molecule has 0 amide bonds. The fourth-order valence-corrected chi connectivity index (χ4v) is 2.07. The third-order valence-electron chi connectivity index (χ3n) is 2.26. The zero-order valence-corrected chi connectivity index (χ0v) is 11.8. The van der Waals surface area contributed by atoms with E-state index >= 15 is 0 Å². The Morgan fingerprint density at radius 3 is 3.05 bits per heavy atom. The molecule has 2 aromatic rings. The van der Waals surface area contributed by atoms with Crippen LogP contribution in [0.3, 0.4) is 0 Å². The number of nitrogens with one attached hydrogen (secondary N) is 1. The van der Waals surface area contributed by atoms with Crippen molar-refractivity contribution in [2.45, 2.75) is 13.3 Å². The Morgan fingerprint density at radius 2 is 2.30 bits per heavy atom. The molecule has 0 saturated heterocycles. The monoisotopic (exact) mass is 290 g/mol. The topological polar surface area (TPSA) is 76.5 Å². The van der Waals surface area contributed by atoms with Crippen molar-refractivity contribution in [1.29, 1.82) is 0 Å². The Hall–Kier alpha value is -2.28. The number of carbonyl (C=O) groups is 1. The SMILES string of the molecule is CCOC(=O)Cc1csc(NN=Cc2ccncc2)n1. The maximum Gasteiger partial charge on any atom is 0.311 e. The maximum absolute atomic E-state index is 11.3. The molecule has 7 heteroatoms. The van der Waals surface area contributed by atoms with Crippen molar-refractivity contribution in [3.05, 3.63) is 41.2 Å². The molecule has 0 spiro atoms. The van der Waals surface area contributed by atoms with Crippen molar-refractivity contribution < 1.29 is 9.53 Å². The van der Waals surface area contributed by atoms with Crippen molar-refractivity contribution in [3.8, 4) is 0 Å². The lowest BCUT2D eigenvalue weighted by Gasteiger charge is -1.98. The first-order valence-corrected chi connectivity index (χ1v) is 6.95. The first-order valence-electron chi connectivity index (χ1n) is 6.07. The van der Waals surface area contributed by atoms with Crippen LogP contribution in [-0.2, 0) is 16.0 Å². The molecule has 6 nitrogen and oxygen atoms in total. The van der Waals surface area contributed by atoms with Gasteiger partial charge in [-0.25, -0.2) is 4.98 Å². The Balaban J connectivity index is 1.87. The highest BCUT2D eigenvalue weighted by atomic mass is 32.1. The fourth-order valence-electron chi connectivity index (χ4n) is 1.41. The molecule has 0 atom stereocenters. The van der Waals surface area contributed by atoms with Gasteiger partial charge in [-0.2, -0.15) is 5.10 Å². The van der Waals surface area contributed by atoms with Crippen LogP contribution in [0.5, 0.6) is 0 Å².